The Bertz CT molecular complexity index is 866. The molecule has 0 bridgehead atoms. The number of pyridine rings is 1. The molecule has 1 N–H and O–H groups in total. The van der Waals surface area contributed by atoms with Crippen LogP contribution in [0.2, 0.25) is 0 Å². The SMILES string of the molecule is Cc1cc(S(=O)(=O)N(C)C)cc(NC(=O)CSc2ccccn2)c1C. The Kier molecular flexibility index (Phi) is 6.21. The van der Waals surface area contributed by atoms with Crippen molar-refractivity contribution >= 4 is 33.4 Å². The molecular weight excluding hydrogens is 358 g/mol. The third kappa shape index (κ3) is 4.81. The Hall–Kier alpha value is -1.90. The number of amides is 1. The highest BCUT2D eigenvalue weighted by atomic mass is 32.2. The molecule has 0 aliphatic heterocycles. The van der Waals surface area contributed by atoms with Gasteiger partial charge in [-0.1, -0.05) is 17.8 Å². The minimum absolute atomic E-state index is 0.160. The third-order valence-corrected chi connectivity index (χ3v) is 6.42. The molecule has 6 nitrogen and oxygen atoms in total. The number of aromatic nitrogens is 1. The van der Waals surface area contributed by atoms with Crippen LogP contribution >= 0.6 is 11.8 Å². The quantitative estimate of drug-likeness (QED) is 0.781. The van der Waals surface area contributed by atoms with E-state index in [0.717, 1.165) is 20.5 Å². The zero-order chi connectivity index (χ0) is 18.6. The molecule has 0 spiro atoms. The van der Waals surface area contributed by atoms with E-state index in [0.29, 0.717) is 5.69 Å². The average molecular weight is 380 g/mol. The van der Waals surface area contributed by atoms with Crippen LogP contribution in [0.3, 0.4) is 0 Å². The smallest absolute Gasteiger partial charge is 0.242 e. The monoisotopic (exact) mass is 379 g/mol. The van der Waals surface area contributed by atoms with E-state index in [-0.39, 0.29) is 16.6 Å². The van der Waals surface area contributed by atoms with Crippen LogP contribution in [0.1, 0.15) is 11.1 Å². The second kappa shape index (κ2) is 7.99. The molecule has 25 heavy (non-hydrogen) atoms. The maximum absolute atomic E-state index is 12.3. The normalized spacial score (nSPS) is 11.6. The summed E-state index contributed by atoms with van der Waals surface area (Å²) in [5.74, 6) is -0.0160. The van der Waals surface area contributed by atoms with Crippen LogP contribution in [0, 0.1) is 13.8 Å². The Balaban J connectivity index is 2.18. The average Bonchev–Trinajstić information content (AvgIpc) is 2.57. The van der Waals surface area contributed by atoms with Crippen LogP contribution < -0.4 is 5.32 Å². The van der Waals surface area contributed by atoms with E-state index in [1.54, 1.807) is 12.3 Å². The fraction of sp³-hybridized carbons (Fsp3) is 0.294. The number of hydrogen-bond acceptors (Lipinski definition) is 5. The maximum atomic E-state index is 12.3. The first kappa shape index (κ1) is 19.4. The largest absolute Gasteiger partial charge is 0.325 e. The molecule has 134 valence electrons. The first-order chi connectivity index (χ1) is 11.7. The number of nitrogens with one attached hydrogen (secondary N) is 1. The number of anilines is 1. The van der Waals surface area contributed by atoms with Crippen LogP contribution in [-0.4, -0.2) is 43.5 Å². The van der Waals surface area contributed by atoms with Crippen LogP contribution in [-0.2, 0) is 14.8 Å². The van der Waals surface area contributed by atoms with Crippen molar-refractivity contribution in [3.63, 3.8) is 0 Å². The molecule has 0 atom stereocenters. The van der Waals surface area contributed by atoms with Crippen molar-refractivity contribution in [3.8, 4) is 0 Å². The van der Waals surface area contributed by atoms with E-state index in [1.807, 2.05) is 32.0 Å². The lowest BCUT2D eigenvalue weighted by Gasteiger charge is -2.16. The van der Waals surface area contributed by atoms with Crippen molar-refractivity contribution in [2.45, 2.75) is 23.8 Å². The summed E-state index contributed by atoms with van der Waals surface area (Å²) in [6.07, 6.45) is 1.67. The van der Waals surface area contributed by atoms with E-state index in [4.69, 9.17) is 0 Å². The van der Waals surface area contributed by atoms with Gasteiger partial charge in [0.2, 0.25) is 15.9 Å². The van der Waals surface area contributed by atoms with Gasteiger partial charge in [-0.15, -0.1) is 0 Å². The van der Waals surface area contributed by atoms with Crippen molar-refractivity contribution < 1.29 is 13.2 Å². The van der Waals surface area contributed by atoms with Crippen molar-refractivity contribution in [1.82, 2.24) is 9.29 Å². The number of aryl methyl sites for hydroxylation is 1. The standard InChI is InChI=1S/C17H21N3O3S2/c1-12-9-14(25(22,23)20(3)4)10-15(13(12)2)19-16(21)11-24-17-7-5-6-8-18-17/h5-10H,11H2,1-4H3,(H,19,21). The van der Waals surface area contributed by atoms with E-state index in [1.165, 1.54) is 31.9 Å². The molecule has 2 rings (SSSR count). The molecule has 1 amide bonds. The fourth-order valence-electron chi connectivity index (χ4n) is 2.07. The van der Waals surface area contributed by atoms with Gasteiger partial charge in [-0.3, -0.25) is 4.79 Å². The topological polar surface area (TPSA) is 79.4 Å². The highest BCUT2D eigenvalue weighted by molar-refractivity contribution is 7.99. The van der Waals surface area contributed by atoms with Gasteiger partial charge in [0.15, 0.2) is 0 Å². The maximum Gasteiger partial charge on any atom is 0.242 e. The van der Waals surface area contributed by atoms with E-state index in [9.17, 15) is 13.2 Å². The molecule has 0 saturated heterocycles. The highest BCUT2D eigenvalue weighted by Crippen LogP contribution is 2.26. The Morgan fingerprint density at radius 3 is 2.56 bits per heavy atom. The van der Waals surface area contributed by atoms with Gasteiger partial charge < -0.3 is 5.32 Å². The molecule has 0 radical (unpaired) electrons. The molecule has 0 fully saturated rings. The Morgan fingerprint density at radius 1 is 1.24 bits per heavy atom. The van der Waals surface area contributed by atoms with Crippen molar-refractivity contribution in [3.05, 3.63) is 47.7 Å². The van der Waals surface area contributed by atoms with Crippen molar-refractivity contribution in [2.24, 2.45) is 0 Å². The number of thioether (sulfide) groups is 1. The van der Waals surface area contributed by atoms with Crippen LogP contribution in [0.4, 0.5) is 5.69 Å². The highest BCUT2D eigenvalue weighted by Gasteiger charge is 2.20. The summed E-state index contributed by atoms with van der Waals surface area (Å²) in [4.78, 5) is 16.5. The molecule has 1 aromatic heterocycles. The summed E-state index contributed by atoms with van der Waals surface area (Å²) in [5.41, 5.74) is 2.15. The molecule has 0 saturated carbocycles. The van der Waals surface area contributed by atoms with Crippen molar-refractivity contribution in [2.75, 3.05) is 25.2 Å². The van der Waals surface area contributed by atoms with Gasteiger partial charge in [-0.2, -0.15) is 0 Å². The zero-order valence-electron chi connectivity index (χ0n) is 14.6. The molecule has 1 aromatic carbocycles. The summed E-state index contributed by atoms with van der Waals surface area (Å²) in [7, 11) is -0.606. The van der Waals surface area contributed by atoms with E-state index in [2.05, 4.69) is 10.3 Å². The molecule has 0 aliphatic rings. The number of carbonyl (C=O) groups excluding carboxylic acids is 1. The van der Waals surface area contributed by atoms with Gasteiger partial charge in [0.1, 0.15) is 0 Å². The predicted octanol–water partition coefficient (Wildman–Crippen LogP) is 2.68. The fourth-order valence-corrected chi connectivity index (χ4v) is 3.75. The Morgan fingerprint density at radius 2 is 1.96 bits per heavy atom. The summed E-state index contributed by atoms with van der Waals surface area (Å²) in [5, 5.41) is 3.56. The zero-order valence-corrected chi connectivity index (χ0v) is 16.2. The first-order valence-corrected chi connectivity index (χ1v) is 10.0. The van der Waals surface area contributed by atoms with Crippen LogP contribution in [0.15, 0.2) is 46.5 Å². The first-order valence-electron chi connectivity index (χ1n) is 7.59. The minimum Gasteiger partial charge on any atom is -0.325 e. The number of carbonyl (C=O) groups is 1. The number of sulfonamides is 1. The Labute approximate surface area is 152 Å². The summed E-state index contributed by atoms with van der Waals surface area (Å²) >= 11 is 1.32. The molecule has 0 aliphatic carbocycles. The summed E-state index contributed by atoms with van der Waals surface area (Å²) < 4.78 is 25.8. The lowest BCUT2D eigenvalue weighted by Crippen LogP contribution is -2.23. The number of hydrogen-bond donors (Lipinski definition) is 1. The lowest BCUT2D eigenvalue weighted by atomic mass is 10.1. The predicted molar refractivity (Wildman–Crippen MR) is 100 cm³/mol. The second-order valence-electron chi connectivity index (χ2n) is 5.70. The number of benzene rings is 1. The van der Waals surface area contributed by atoms with Gasteiger partial charge >= 0.3 is 0 Å². The van der Waals surface area contributed by atoms with Gasteiger partial charge in [0, 0.05) is 26.0 Å². The van der Waals surface area contributed by atoms with Crippen LogP contribution in [0.5, 0.6) is 0 Å². The van der Waals surface area contributed by atoms with E-state index < -0.39 is 10.0 Å². The lowest BCUT2D eigenvalue weighted by molar-refractivity contribution is -0.113. The molecule has 1 heterocycles. The van der Waals surface area contributed by atoms with Crippen molar-refractivity contribution in [1.29, 1.82) is 0 Å². The summed E-state index contributed by atoms with van der Waals surface area (Å²) in [6, 6.07) is 8.62. The molecule has 2 aromatic rings. The third-order valence-electron chi connectivity index (χ3n) is 3.68. The molecule has 8 heteroatoms. The summed E-state index contributed by atoms with van der Waals surface area (Å²) in [6.45, 7) is 3.67. The number of rotatable bonds is 6. The van der Waals surface area contributed by atoms with E-state index >= 15 is 0 Å². The molecule has 0 unspecified atom stereocenters. The second-order valence-corrected chi connectivity index (χ2v) is 8.85. The van der Waals surface area contributed by atoms with Gasteiger partial charge in [-0.25, -0.2) is 17.7 Å². The molecular formula is C17H21N3O3S2. The van der Waals surface area contributed by atoms with Gasteiger partial charge in [-0.05, 0) is 49.2 Å². The van der Waals surface area contributed by atoms with Gasteiger partial charge in [0.25, 0.3) is 0 Å². The minimum atomic E-state index is -3.56. The van der Waals surface area contributed by atoms with Gasteiger partial charge in [0.05, 0.1) is 15.7 Å². The van der Waals surface area contributed by atoms with Crippen LogP contribution in [0.25, 0.3) is 0 Å². The number of nitrogens with zero attached hydrogens (tertiary/aromatic N) is 2.